The first kappa shape index (κ1) is 13.7. The normalized spacial score (nSPS) is 37.7. The van der Waals surface area contributed by atoms with Crippen LogP contribution in [0.4, 0.5) is 0 Å². The maximum absolute atomic E-state index is 12.5. The van der Waals surface area contributed by atoms with Crippen LogP contribution in [0.25, 0.3) is 0 Å². The third kappa shape index (κ3) is 1.62. The highest BCUT2D eigenvalue weighted by Crippen LogP contribution is 2.66. The quantitative estimate of drug-likeness (QED) is 0.329. The second-order valence-corrected chi connectivity index (χ2v) is 6.01. The molecule has 2 bridgehead atoms. The number of carbonyl (C=O) groups is 2. The Bertz CT molecular complexity index is 507. The average Bonchev–Trinajstić information content (AvgIpc) is 2.51. The van der Waals surface area contributed by atoms with Crippen LogP contribution in [0.2, 0.25) is 0 Å². The van der Waals surface area contributed by atoms with E-state index in [0.29, 0.717) is 6.42 Å². The molecular formula is C13H17NO5. The smallest absolute Gasteiger partial charge is 0.302 e. The van der Waals surface area contributed by atoms with Crippen LogP contribution in [0, 0.1) is 26.9 Å². The van der Waals surface area contributed by atoms with E-state index in [0.717, 1.165) is 6.20 Å². The van der Waals surface area contributed by atoms with Crippen LogP contribution in [0.5, 0.6) is 0 Å². The van der Waals surface area contributed by atoms with Gasteiger partial charge in [0.2, 0.25) is 6.20 Å². The predicted octanol–water partition coefficient (Wildman–Crippen LogP) is 1.71. The van der Waals surface area contributed by atoms with Gasteiger partial charge in [-0.15, -0.1) is 0 Å². The Morgan fingerprint density at radius 2 is 2.05 bits per heavy atom. The summed E-state index contributed by atoms with van der Waals surface area (Å²) in [6.45, 7) is 6.85. The van der Waals surface area contributed by atoms with Crippen LogP contribution >= 0.6 is 0 Å². The summed E-state index contributed by atoms with van der Waals surface area (Å²) in [5.41, 5.74) is -1.09. The van der Waals surface area contributed by atoms with Crippen molar-refractivity contribution in [3.8, 4) is 0 Å². The summed E-state index contributed by atoms with van der Waals surface area (Å²) in [6, 6.07) is 0. The number of esters is 1. The molecule has 104 valence electrons. The number of Topliss-reactive ketones (excluding diaryl/α,β-unsaturated/α-hetero) is 1. The molecule has 0 aromatic rings. The topological polar surface area (TPSA) is 86.5 Å². The Labute approximate surface area is 111 Å². The lowest BCUT2D eigenvalue weighted by atomic mass is 9.69. The van der Waals surface area contributed by atoms with Crippen molar-refractivity contribution in [1.29, 1.82) is 0 Å². The van der Waals surface area contributed by atoms with Crippen molar-refractivity contribution in [3.05, 3.63) is 21.9 Å². The lowest BCUT2D eigenvalue weighted by Gasteiger charge is -2.36. The first-order valence-corrected chi connectivity index (χ1v) is 6.19. The Kier molecular flexibility index (Phi) is 2.80. The van der Waals surface area contributed by atoms with Gasteiger partial charge in [0.25, 0.3) is 0 Å². The largest absolute Gasteiger partial charge is 0.461 e. The van der Waals surface area contributed by atoms with E-state index in [1.807, 2.05) is 13.8 Å². The standard InChI is InChI=1S/C13H17NO5/c1-7(15)19-10-5-9-8(6-14(17)18)11(16)13(10,4)12(9,2)3/h6,9-10H,5H2,1-4H3/b8-6-/t9-,10+,13-/m1/s1. The molecule has 0 aromatic carbocycles. The Morgan fingerprint density at radius 3 is 2.47 bits per heavy atom. The van der Waals surface area contributed by atoms with Gasteiger partial charge < -0.3 is 4.74 Å². The highest BCUT2D eigenvalue weighted by atomic mass is 16.6. The van der Waals surface area contributed by atoms with Gasteiger partial charge in [-0.25, -0.2) is 0 Å². The van der Waals surface area contributed by atoms with Crippen LogP contribution in [0.1, 0.15) is 34.1 Å². The molecule has 3 atom stereocenters. The number of nitrogens with zero attached hydrogens (tertiary/aromatic N) is 1. The zero-order chi connectivity index (χ0) is 14.6. The summed E-state index contributed by atoms with van der Waals surface area (Å²) >= 11 is 0. The molecular weight excluding hydrogens is 250 g/mol. The molecule has 2 saturated carbocycles. The van der Waals surface area contributed by atoms with Gasteiger partial charge in [0.05, 0.1) is 15.9 Å². The molecule has 2 aliphatic rings. The molecule has 0 amide bonds. The van der Waals surface area contributed by atoms with E-state index < -0.39 is 27.8 Å². The van der Waals surface area contributed by atoms with Crippen molar-refractivity contribution in [2.24, 2.45) is 16.7 Å². The monoisotopic (exact) mass is 267 g/mol. The van der Waals surface area contributed by atoms with E-state index in [2.05, 4.69) is 0 Å². The van der Waals surface area contributed by atoms with Crippen molar-refractivity contribution in [3.63, 3.8) is 0 Å². The number of ether oxygens (including phenoxy) is 1. The zero-order valence-corrected chi connectivity index (χ0v) is 11.4. The highest BCUT2D eigenvalue weighted by molar-refractivity contribution is 6.05. The van der Waals surface area contributed by atoms with E-state index in [9.17, 15) is 19.7 Å². The van der Waals surface area contributed by atoms with Gasteiger partial charge in [-0.05, 0) is 18.8 Å². The van der Waals surface area contributed by atoms with Crippen molar-refractivity contribution >= 4 is 11.8 Å². The number of carbonyl (C=O) groups excluding carboxylic acids is 2. The van der Waals surface area contributed by atoms with Crippen molar-refractivity contribution < 1.29 is 19.2 Å². The van der Waals surface area contributed by atoms with E-state index in [4.69, 9.17) is 4.74 Å². The second kappa shape index (κ2) is 3.88. The molecule has 0 spiro atoms. The van der Waals surface area contributed by atoms with Gasteiger partial charge in [-0.1, -0.05) is 13.8 Å². The molecule has 0 radical (unpaired) electrons. The number of hydrogen-bond donors (Lipinski definition) is 0. The summed E-state index contributed by atoms with van der Waals surface area (Å²) in [7, 11) is 0. The van der Waals surface area contributed by atoms with Crippen LogP contribution in [-0.2, 0) is 14.3 Å². The van der Waals surface area contributed by atoms with Gasteiger partial charge in [0.15, 0.2) is 5.78 Å². The van der Waals surface area contributed by atoms with Crippen LogP contribution < -0.4 is 0 Å². The summed E-state index contributed by atoms with van der Waals surface area (Å²) in [4.78, 5) is 33.7. The van der Waals surface area contributed by atoms with Crippen molar-refractivity contribution in [2.75, 3.05) is 0 Å². The summed E-state index contributed by atoms with van der Waals surface area (Å²) in [5.74, 6) is -0.932. The molecule has 6 heteroatoms. The van der Waals surface area contributed by atoms with Gasteiger partial charge >= 0.3 is 5.97 Å². The third-order valence-corrected chi connectivity index (χ3v) is 4.97. The molecule has 2 fully saturated rings. The minimum absolute atomic E-state index is 0.236. The van der Waals surface area contributed by atoms with E-state index >= 15 is 0 Å². The van der Waals surface area contributed by atoms with E-state index in [-0.39, 0.29) is 17.3 Å². The maximum Gasteiger partial charge on any atom is 0.302 e. The molecule has 2 rings (SSSR count). The highest BCUT2D eigenvalue weighted by Gasteiger charge is 2.71. The fourth-order valence-electron chi connectivity index (χ4n) is 3.56. The lowest BCUT2D eigenvalue weighted by Crippen LogP contribution is -2.44. The fourth-order valence-corrected chi connectivity index (χ4v) is 3.56. The average molecular weight is 267 g/mol. The number of hydrogen-bond acceptors (Lipinski definition) is 5. The SMILES string of the molecule is CC(=O)O[C@H]1C[C@@H]2/C(=C/[N+](=O)[O-])C(=O)[C@]1(C)C2(C)C. The molecule has 0 heterocycles. The Hall–Kier alpha value is -1.72. The second-order valence-electron chi connectivity index (χ2n) is 6.01. The predicted molar refractivity (Wildman–Crippen MR) is 65.6 cm³/mol. The van der Waals surface area contributed by atoms with Crippen LogP contribution in [0.15, 0.2) is 11.8 Å². The lowest BCUT2D eigenvalue weighted by molar-refractivity contribution is -0.403. The molecule has 0 aliphatic heterocycles. The zero-order valence-electron chi connectivity index (χ0n) is 11.4. The minimum Gasteiger partial charge on any atom is -0.461 e. The van der Waals surface area contributed by atoms with E-state index in [1.165, 1.54) is 6.92 Å². The molecule has 19 heavy (non-hydrogen) atoms. The van der Waals surface area contributed by atoms with Gasteiger partial charge in [0.1, 0.15) is 6.10 Å². The summed E-state index contributed by atoms with van der Waals surface area (Å²) in [6.07, 6.45) is 0.778. The van der Waals surface area contributed by atoms with Crippen LogP contribution in [-0.4, -0.2) is 22.8 Å². The number of ketones is 1. The minimum atomic E-state index is -0.884. The molecule has 0 aromatic heterocycles. The number of nitro groups is 1. The molecule has 0 saturated heterocycles. The number of rotatable bonds is 2. The molecule has 0 unspecified atom stereocenters. The summed E-state index contributed by atoms with van der Waals surface area (Å²) < 4.78 is 5.25. The Morgan fingerprint density at radius 1 is 1.47 bits per heavy atom. The number of allylic oxidation sites excluding steroid dienone is 1. The van der Waals surface area contributed by atoms with Gasteiger partial charge in [-0.3, -0.25) is 19.7 Å². The van der Waals surface area contributed by atoms with Gasteiger partial charge in [-0.2, -0.15) is 0 Å². The molecule has 6 nitrogen and oxygen atoms in total. The molecule has 0 N–H and O–H groups in total. The maximum atomic E-state index is 12.5. The van der Waals surface area contributed by atoms with Crippen molar-refractivity contribution in [1.82, 2.24) is 0 Å². The fraction of sp³-hybridized carbons (Fsp3) is 0.692. The van der Waals surface area contributed by atoms with Gasteiger partial charge in [0, 0.05) is 12.8 Å². The number of fused-ring (bicyclic) bond motifs is 2. The Balaban J connectivity index is 2.47. The summed E-state index contributed by atoms with van der Waals surface area (Å²) in [5, 5.41) is 10.6. The molecule has 2 aliphatic carbocycles. The third-order valence-electron chi connectivity index (χ3n) is 4.97. The van der Waals surface area contributed by atoms with Crippen molar-refractivity contribution in [2.45, 2.75) is 40.2 Å². The first-order chi connectivity index (χ1) is 8.62. The van der Waals surface area contributed by atoms with E-state index in [1.54, 1.807) is 6.92 Å². The van der Waals surface area contributed by atoms with Crippen LogP contribution in [0.3, 0.4) is 0 Å². The first-order valence-electron chi connectivity index (χ1n) is 6.19.